The highest BCUT2D eigenvalue weighted by molar-refractivity contribution is 7.21. The number of hydrogen-bond donors (Lipinski definition) is 0. The maximum Gasteiger partial charge on any atom is 0.161 e. The SMILES string of the molecule is C1=Cc2sc3c(c2CC1)c1c2ccccc2n(-c2cccnc2)c1c1oc2ccccc2c13. The number of furan rings is 1. The second-order valence-electron chi connectivity index (χ2n) is 8.68. The zero-order valence-electron chi connectivity index (χ0n) is 17.7. The van der Waals surface area contributed by atoms with E-state index < -0.39 is 0 Å². The summed E-state index contributed by atoms with van der Waals surface area (Å²) < 4.78 is 10.3. The molecule has 7 aromatic rings. The number of para-hydroxylation sites is 2. The first kappa shape index (κ1) is 17.6. The fourth-order valence-corrected chi connectivity index (χ4v) is 6.97. The van der Waals surface area contributed by atoms with Crippen LogP contribution in [0.3, 0.4) is 0 Å². The molecule has 0 atom stereocenters. The second kappa shape index (κ2) is 6.33. The van der Waals surface area contributed by atoms with Crippen LogP contribution in [0.15, 0.2) is 83.6 Å². The summed E-state index contributed by atoms with van der Waals surface area (Å²) in [6, 6.07) is 21.3. The van der Waals surface area contributed by atoms with Gasteiger partial charge in [0.1, 0.15) is 5.58 Å². The van der Waals surface area contributed by atoms with E-state index in [-0.39, 0.29) is 0 Å². The van der Waals surface area contributed by atoms with Gasteiger partial charge in [0.15, 0.2) is 5.58 Å². The first-order valence-corrected chi connectivity index (χ1v) is 12.1. The minimum Gasteiger partial charge on any atom is -0.454 e. The van der Waals surface area contributed by atoms with Crippen LogP contribution in [0.5, 0.6) is 0 Å². The van der Waals surface area contributed by atoms with Gasteiger partial charge in [0, 0.05) is 42.7 Å². The largest absolute Gasteiger partial charge is 0.454 e. The molecule has 0 radical (unpaired) electrons. The van der Waals surface area contributed by atoms with Crippen LogP contribution in [0.4, 0.5) is 0 Å². The molecule has 4 heterocycles. The first-order valence-electron chi connectivity index (χ1n) is 11.3. The molecule has 3 nitrogen and oxygen atoms in total. The van der Waals surface area contributed by atoms with E-state index in [0.29, 0.717) is 0 Å². The zero-order valence-corrected chi connectivity index (χ0v) is 18.5. The minimum absolute atomic E-state index is 0.936. The molecule has 0 amide bonds. The maximum absolute atomic E-state index is 6.64. The molecule has 0 N–H and O–H groups in total. The molecule has 8 rings (SSSR count). The Morgan fingerprint density at radius 1 is 0.879 bits per heavy atom. The highest BCUT2D eigenvalue weighted by atomic mass is 32.1. The van der Waals surface area contributed by atoms with Gasteiger partial charge in [-0.25, -0.2) is 0 Å². The van der Waals surface area contributed by atoms with Crippen LogP contribution >= 0.6 is 11.3 Å². The number of hydrogen-bond acceptors (Lipinski definition) is 3. The Hall–Kier alpha value is -3.89. The van der Waals surface area contributed by atoms with E-state index in [1.165, 1.54) is 47.6 Å². The molecule has 0 unspecified atom stereocenters. The van der Waals surface area contributed by atoms with Gasteiger partial charge in [0.05, 0.1) is 22.9 Å². The van der Waals surface area contributed by atoms with Gasteiger partial charge in [-0.05, 0) is 48.7 Å². The standard InChI is InChI=1S/C29H18N2OS/c1-4-12-21-18(9-1)24-25-20-11-3-6-14-23(20)33-29(25)26-19-10-2-5-13-22(19)32-28(26)27(24)31(21)17-8-7-15-30-16-17/h1-2,4-10,12-16H,3,11H2. The van der Waals surface area contributed by atoms with Crippen molar-refractivity contribution in [3.63, 3.8) is 0 Å². The quantitative estimate of drug-likeness (QED) is 0.256. The van der Waals surface area contributed by atoms with Crippen molar-refractivity contribution in [1.82, 2.24) is 9.55 Å². The maximum atomic E-state index is 6.64. The Morgan fingerprint density at radius 2 is 1.76 bits per heavy atom. The van der Waals surface area contributed by atoms with Crippen molar-refractivity contribution in [2.24, 2.45) is 0 Å². The molecule has 33 heavy (non-hydrogen) atoms. The lowest BCUT2D eigenvalue weighted by molar-refractivity contribution is 0.671. The second-order valence-corrected chi connectivity index (χ2v) is 9.73. The third kappa shape index (κ3) is 2.21. The minimum atomic E-state index is 0.936. The van der Waals surface area contributed by atoms with Crippen LogP contribution in [0.2, 0.25) is 0 Å². The van der Waals surface area contributed by atoms with E-state index in [1.807, 2.05) is 29.8 Å². The van der Waals surface area contributed by atoms with Crippen molar-refractivity contribution in [3.05, 3.63) is 89.6 Å². The van der Waals surface area contributed by atoms with E-state index in [0.717, 1.165) is 35.2 Å². The molecule has 0 fully saturated rings. The summed E-state index contributed by atoms with van der Waals surface area (Å²) in [6.07, 6.45) is 10.5. The van der Waals surface area contributed by atoms with Gasteiger partial charge in [-0.2, -0.15) is 0 Å². The van der Waals surface area contributed by atoms with Gasteiger partial charge in [0.2, 0.25) is 0 Å². The summed E-state index contributed by atoms with van der Waals surface area (Å²) in [4.78, 5) is 5.82. The van der Waals surface area contributed by atoms with Gasteiger partial charge in [-0.3, -0.25) is 4.98 Å². The van der Waals surface area contributed by atoms with Crippen molar-refractivity contribution >= 4 is 71.2 Å². The normalized spacial score (nSPS) is 13.7. The predicted molar refractivity (Wildman–Crippen MR) is 139 cm³/mol. The summed E-state index contributed by atoms with van der Waals surface area (Å²) >= 11 is 1.91. The third-order valence-electron chi connectivity index (χ3n) is 6.93. The van der Waals surface area contributed by atoms with Crippen molar-refractivity contribution in [2.75, 3.05) is 0 Å². The molecule has 1 aliphatic rings. The smallest absolute Gasteiger partial charge is 0.161 e. The number of benzene rings is 3. The molecule has 156 valence electrons. The van der Waals surface area contributed by atoms with Crippen LogP contribution < -0.4 is 0 Å². The van der Waals surface area contributed by atoms with Gasteiger partial charge >= 0.3 is 0 Å². The molecule has 4 heteroatoms. The van der Waals surface area contributed by atoms with Crippen LogP contribution in [-0.2, 0) is 6.42 Å². The summed E-state index contributed by atoms with van der Waals surface area (Å²) in [6.45, 7) is 0. The number of aryl methyl sites for hydroxylation is 1. The summed E-state index contributed by atoms with van der Waals surface area (Å²) in [7, 11) is 0. The molecule has 0 saturated carbocycles. The Bertz CT molecular complexity index is 1920. The Labute approximate surface area is 193 Å². The van der Waals surface area contributed by atoms with Crippen LogP contribution in [0, 0.1) is 0 Å². The molecular formula is C29H18N2OS. The number of rotatable bonds is 1. The van der Waals surface area contributed by atoms with Gasteiger partial charge in [0.25, 0.3) is 0 Å². The average Bonchev–Trinajstić information content (AvgIpc) is 3.54. The molecule has 0 spiro atoms. The number of allylic oxidation sites excluding steroid dienone is 1. The van der Waals surface area contributed by atoms with Crippen LogP contribution in [-0.4, -0.2) is 9.55 Å². The highest BCUT2D eigenvalue weighted by Crippen LogP contribution is 2.50. The molecule has 4 aromatic heterocycles. The average molecular weight is 443 g/mol. The number of fused-ring (bicyclic) bond motifs is 12. The van der Waals surface area contributed by atoms with Crippen molar-refractivity contribution in [2.45, 2.75) is 12.8 Å². The Kier molecular flexibility index (Phi) is 3.39. The van der Waals surface area contributed by atoms with Gasteiger partial charge in [-0.1, -0.05) is 42.5 Å². The molecule has 0 aliphatic heterocycles. The van der Waals surface area contributed by atoms with Gasteiger partial charge in [-0.15, -0.1) is 11.3 Å². The summed E-state index contributed by atoms with van der Waals surface area (Å²) in [5, 5.41) is 6.37. The van der Waals surface area contributed by atoms with E-state index >= 15 is 0 Å². The van der Waals surface area contributed by atoms with Gasteiger partial charge < -0.3 is 8.98 Å². The molecule has 1 aliphatic carbocycles. The third-order valence-corrected chi connectivity index (χ3v) is 8.15. The van der Waals surface area contributed by atoms with Crippen LogP contribution in [0.25, 0.3) is 65.6 Å². The van der Waals surface area contributed by atoms with E-state index in [1.54, 1.807) is 0 Å². The molecule has 0 bridgehead atoms. The van der Waals surface area contributed by atoms with E-state index in [9.17, 15) is 0 Å². The Balaban J connectivity index is 1.76. The lowest BCUT2D eigenvalue weighted by atomic mass is 9.96. The molecular weight excluding hydrogens is 424 g/mol. The number of aromatic nitrogens is 2. The number of pyridine rings is 1. The monoisotopic (exact) mass is 442 g/mol. The lowest BCUT2D eigenvalue weighted by Crippen LogP contribution is -1.94. The fourth-order valence-electron chi connectivity index (χ4n) is 5.62. The summed E-state index contributed by atoms with van der Waals surface area (Å²) in [5.74, 6) is 0. The van der Waals surface area contributed by atoms with Crippen LogP contribution in [0.1, 0.15) is 16.9 Å². The summed E-state index contributed by atoms with van der Waals surface area (Å²) in [5.41, 5.74) is 6.74. The lowest BCUT2D eigenvalue weighted by Gasteiger charge is -2.09. The Morgan fingerprint density at radius 3 is 2.67 bits per heavy atom. The molecule has 0 saturated heterocycles. The number of nitrogens with zero attached hydrogens (tertiary/aromatic N) is 2. The number of thiophene rings is 1. The predicted octanol–water partition coefficient (Wildman–Crippen LogP) is 8.25. The fraction of sp³-hybridized carbons (Fsp3) is 0.0690. The van der Waals surface area contributed by atoms with E-state index in [4.69, 9.17) is 4.42 Å². The first-order chi connectivity index (χ1) is 16.4. The zero-order chi connectivity index (χ0) is 21.5. The van der Waals surface area contributed by atoms with Crippen molar-refractivity contribution in [1.29, 1.82) is 0 Å². The van der Waals surface area contributed by atoms with E-state index in [2.05, 4.69) is 76.3 Å². The van der Waals surface area contributed by atoms with Crippen molar-refractivity contribution < 1.29 is 4.42 Å². The topological polar surface area (TPSA) is 31.0 Å². The van der Waals surface area contributed by atoms with Crippen molar-refractivity contribution in [3.8, 4) is 5.69 Å². The highest BCUT2D eigenvalue weighted by Gasteiger charge is 2.26. The molecule has 3 aromatic carbocycles.